The molecule has 0 radical (unpaired) electrons. The molecule has 1 N–H and O–H groups in total. The molecule has 0 saturated carbocycles. The highest BCUT2D eigenvalue weighted by Crippen LogP contribution is 2.35. The second-order valence-corrected chi connectivity index (χ2v) is 3.29. The van der Waals surface area contributed by atoms with Gasteiger partial charge in [0.25, 0.3) is 0 Å². The first-order valence-corrected chi connectivity index (χ1v) is 3.46. The average Bonchev–Trinajstić information content (AvgIpc) is 1.84. The lowest BCUT2D eigenvalue weighted by atomic mass is 9.83. The van der Waals surface area contributed by atoms with Crippen LogP contribution in [-0.4, -0.2) is 17.4 Å². The predicted molar refractivity (Wildman–Crippen MR) is 36.1 cm³/mol. The van der Waals surface area contributed by atoms with Gasteiger partial charge in [-0.15, -0.1) is 0 Å². The standard InChI is InChI=1S/C7H13F3O/c1-4-6(2,3)5(11)7(8,9)10/h5,11H,4H2,1-3H3/t5-/m1/s1. The van der Waals surface area contributed by atoms with Crippen molar-refractivity contribution in [1.82, 2.24) is 0 Å². The quantitative estimate of drug-likeness (QED) is 0.674. The van der Waals surface area contributed by atoms with Gasteiger partial charge < -0.3 is 5.11 Å². The lowest BCUT2D eigenvalue weighted by Gasteiger charge is -2.30. The van der Waals surface area contributed by atoms with Gasteiger partial charge in [-0.1, -0.05) is 20.8 Å². The topological polar surface area (TPSA) is 20.2 Å². The van der Waals surface area contributed by atoms with Crippen molar-refractivity contribution in [2.45, 2.75) is 39.5 Å². The molecule has 0 aliphatic carbocycles. The zero-order valence-electron chi connectivity index (χ0n) is 6.87. The van der Waals surface area contributed by atoms with Crippen LogP contribution in [0.1, 0.15) is 27.2 Å². The maximum Gasteiger partial charge on any atom is 0.414 e. The largest absolute Gasteiger partial charge is 0.414 e. The first-order valence-electron chi connectivity index (χ1n) is 3.46. The van der Waals surface area contributed by atoms with Gasteiger partial charge in [-0.05, 0) is 11.8 Å². The van der Waals surface area contributed by atoms with Gasteiger partial charge in [0.2, 0.25) is 0 Å². The van der Waals surface area contributed by atoms with Gasteiger partial charge in [-0.2, -0.15) is 13.2 Å². The Hall–Kier alpha value is -0.250. The normalized spacial score (nSPS) is 16.6. The third kappa shape index (κ3) is 2.69. The van der Waals surface area contributed by atoms with Crippen LogP contribution in [0, 0.1) is 5.41 Å². The minimum Gasteiger partial charge on any atom is -0.383 e. The third-order valence-corrected chi connectivity index (χ3v) is 1.96. The Kier molecular flexibility index (Phi) is 2.94. The molecule has 1 atom stereocenters. The maximum absolute atomic E-state index is 11.9. The molecule has 1 nitrogen and oxygen atoms in total. The van der Waals surface area contributed by atoms with Gasteiger partial charge in [0.1, 0.15) is 0 Å². The Morgan fingerprint density at radius 2 is 1.64 bits per heavy atom. The Morgan fingerprint density at radius 3 is 1.73 bits per heavy atom. The highest BCUT2D eigenvalue weighted by Gasteiger charge is 2.46. The molecule has 0 heterocycles. The van der Waals surface area contributed by atoms with E-state index in [0.717, 1.165) is 0 Å². The third-order valence-electron chi connectivity index (χ3n) is 1.96. The van der Waals surface area contributed by atoms with E-state index < -0.39 is 17.7 Å². The monoisotopic (exact) mass is 170 g/mol. The summed E-state index contributed by atoms with van der Waals surface area (Å²) in [7, 11) is 0. The predicted octanol–water partition coefficient (Wildman–Crippen LogP) is 2.35. The Bertz CT molecular complexity index is 128. The first-order chi connectivity index (χ1) is 4.72. The number of aliphatic hydroxyl groups is 1. The van der Waals surface area contributed by atoms with Gasteiger partial charge in [-0.25, -0.2) is 0 Å². The number of hydrogen-bond donors (Lipinski definition) is 1. The minimum atomic E-state index is -4.50. The van der Waals surface area contributed by atoms with Crippen LogP contribution >= 0.6 is 0 Å². The Labute approximate surface area is 64.2 Å². The van der Waals surface area contributed by atoms with Crippen molar-refractivity contribution in [3.8, 4) is 0 Å². The number of rotatable bonds is 2. The molecule has 4 heteroatoms. The molecule has 0 aromatic carbocycles. The molecule has 0 bridgehead atoms. The van der Waals surface area contributed by atoms with Crippen LogP contribution in [0.4, 0.5) is 13.2 Å². The van der Waals surface area contributed by atoms with Crippen LogP contribution in [0.25, 0.3) is 0 Å². The molecule has 0 spiro atoms. The Morgan fingerprint density at radius 1 is 1.27 bits per heavy atom. The second-order valence-electron chi connectivity index (χ2n) is 3.29. The molecule has 0 rings (SSSR count). The fraction of sp³-hybridized carbons (Fsp3) is 1.00. The summed E-state index contributed by atoms with van der Waals surface area (Å²) in [6.07, 6.45) is -6.42. The molecular formula is C7H13F3O. The van der Waals surface area contributed by atoms with Crippen molar-refractivity contribution in [3.05, 3.63) is 0 Å². The van der Waals surface area contributed by atoms with Gasteiger partial charge in [0, 0.05) is 0 Å². The van der Waals surface area contributed by atoms with Crippen LogP contribution in [0.15, 0.2) is 0 Å². The SMILES string of the molecule is CCC(C)(C)[C@@H](O)C(F)(F)F. The van der Waals surface area contributed by atoms with E-state index in [1.807, 2.05) is 0 Å². The molecule has 0 aliphatic heterocycles. The van der Waals surface area contributed by atoms with Crippen LogP contribution in [0.5, 0.6) is 0 Å². The van der Waals surface area contributed by atoms with Crippen LogP contribution in [-0.2, 0) is 0 Å². The summed E-state index contributed by atoms with van der Waals surface area (Å²) in [6.45, 7) is 4.41. The summed E-state index contributed by atoms with van der Waals surface area (Å²) in [5, 5.41) is 8.79. The lowest BCUT2D eigenvalue weighted by molar-refractivity contribution is -0.234. The van der Waals surface area contributed by atoms with E-state index in [1.165, 1.54) is 13.8 Å². The fourth-order valence-corrected chi connectivity index (χ4v) is 0.636. The number of hydrogen-bond acceptors (Lipinski definition) is 1. The molecule has 0 aromatic heterocycles. The van der Waals surface area contributed by atoms with Crippen molar-refractivity contribution >= 4 is 0 Å². The highest BCUT2D eigenvalue weighted by molar-refractivity contribution is 4.81. The molecule has 0 aliphatic rings. The first kappa shape index (κ1) is 10.8. The van der Waals surface area contributed by atoms with Gasteiger partial charge in [0.15, 0.2) is 6.10 Å². The number of aliphatic hydroxyl groups excluding tert-OH is 1. The zero-order valence-corrected chi connectivity index (χ0v) is 6.87. The molecule has 0 saturated heterocycles. The molecule has 0 aromatic rings. The van der Waals surface area contributed by atoms with Crippen LogP contribution in [0.3, 0.4) is 0 Å². The van der Waals surface area contributed by atoms with E-state index in [1.54, 1.807) is 6.92 Å². The Balaban J connectivity index is 4.35. The highest BCUT2D eigenvalue weighted by atomic mass is 19.4. The summed E-state index contributed by atoms with van der Waals surface area (Å²) < 4.78 is 35.6. The summed E-state index contributed by atoms with van der Waals surface area (Å²) >= 11 is 0. The maximum atomic E-state index is 11.9. The zero-order chi connectivity index (χ0) is 9.28. The molecule has 0 fully saturated rings. The summed E-state index contributed by atoms with van der Waals surface area (Å²) in [5.41, 5.74) is -1.09. The van der Waals surface area contributed by atoms with E-state index in [-0.39, 0.29) is 0 Å². The van der Waals surface area contributed by atoms with E-state index in [0.29, 0.717) is 6.42 Å². The number of alkyl halides is 3. The summed E-state index contributed by atoms with van der Waals surface area (Å²) in [5.74, 6) is 0. The van der Waals surface area contributed by atoms with Crippen molar-refractivity contribution in [3.63, 3.8) is 0 Å². The van der Waals surface area contributed by atoms with Crippen molar-refractivity contribution in [2.75, 3.05) is 0 Å². The lowest BCUT2D eigenvalue weighted by Crippen LogP contribution is -2.41. The molecule has 0 amide bonds. The van der Waals surface area contributed by atoms with E-state index in [4.69, 9.17) is 5.11 Å². The summed E-state index contributed by atoms with van der Waals surface area (Å²) in [6, 6.07) is 0. The second kappa shape index (κ2) is 3.01. The van der Waals surface area contributed by atoms with Crippen molar-refractivity contribution in [1.29, 1.82) is 0 Å². The van der Waals surface area contributed by atoms with Gasteiger partial charge >= 0.3 is 6.18 Å². The van der Waals surface area contributed by atoms with Gasteiger partial charge in [0.05, 0.1) is 0 Å². The molecule has 68 valence electrons. The molecular weight excluding hydrogens is 157 g/mol. The van der Waals surface area contributed by atoms with Crippen molar-refractivity contribution in [2.24, 2.45) is 5.41 Å². The smallest absolute Gasteiger partial charge is 0.383 e. The fourth-order valence-electron chi connectivity index (χ4n) is 0.636. The average molecular weight is 170 g/mol. The molecule has 0 unspecified atom stereocenters. The van der Waals surface area contributed by atoms with Gasteiger partial charge in [-0.3, -0.25) is 0 Å². The van der Waals surface area contributed by atoms with E-state index in [9.17, 15) is 13.2 Å². The summed E-state index contributed by atoms with van der Waals surface area (Å²) in [4.78, 5) is 0. The minimum absolute atomic E-state index is 0.299. The van der Waals surface area contributed by atoms with Crippen molar-refractivity contribution < 1.29 is 18.3 Å². The van der Waals surface area contributed by atoms with Crippen LogP contribution < -0.4 is 0 Å². The van der Waals surface area contributed by atoms with Crippen LogP contribution in [0.2, 0.25) is 0 Å². The molecule has 11 heavy (non-hydrogen) atoms. The van der Waals surface area contributed by atoms with E-state index in [2.05, 4.69) is 0 Å². The number of halogens is 3. The van der Waals surface area contributed by atoms with E-state index >= 15 is 0 Å².